The molecule has 24 heavy (non-hydrogen) atoms. The Bertz CT molecular complexity index is 1070. The van der Waals surface area contributed by atoms with Gasteiger partial charge in [0.2, 0.25) is 12.1 Å². The quantitative estimate of drug-likeness (QED) is 0.412. The number of benzene rings is 3. The first-order chi connectivity index (χ1) is 11.8. The lowest BCUT2D eigenvalue weighted by Gasteiger charge is -2.04. The summed E-state index contributed by atoms with van der Waals surface area (Å²) in [6.07, 6.45) is 3.67. The van der Waals surface area contributed by atoms with Crippen molar-refractivity contribution >= 4 is 33.8 Å². The lowest BCUT2D eigenvalue weighted by molar-refractivity contribution is -0.657. The minimum absolute atomic E-state index is 0.101. The van der Waals surface area contributed by atoms with Gasteiger partial charge in [-0.3, -0.25) is 4.79 Å². The van der Waals surface area contributed by atoms with Crippen molar-refractivity contribution in [1.29, 1.82) is 0 Å². The minimum atomic E-state index is 0.101. The highest BCUT2D eigenvalue weighted by atomic mass is 16.1. The van der Waals surface area contributed by atoms with Gasteiger partial charge in [-0.25, -0.2) is 9.13 Å². The van der Waals surface area contributed by atoms with E-state index >= 15 is 0 Å². The zero-order valence-corrected chi connectivity index (χ0v) is 13.2. The average Bonchev–Trinajstić information content (AvgIpc) is 2.99. The van der Waals surface area contributed by atoms with Crippen LogP contribution in [-0.2, 0) is 6.54 Å². The molecule has 3 aromatic carbocycles. The molecular weight excluding hydrogens is 296 g/mol. The predicted molar refractivity (Wildman–Crippen MR) is 96.8 cm³/mol. The Morgan fingerprint density at radius 1 is 1.00 bits per heavy atom. The smallest absolute Gasteiger partial charge is 0.249 e. The van der Waals surface area contributed by atoms with Gasteiger partial charge in [0, 0.05) is 5.56 Å². The highest BCUT2D eigenvalue weighted by Crippen LogP contribution is 2.19. The lowest BCUT2D eigenvalue weighted by atomic mass is 10.0. The van der Waals surface area contributed by atoms with Crippen LogP contribution in [0, 0.1) is 0 Å². The molecule has 3 heteroatoms. The normalized spacial score (nSPS) is 11.0. The van der Waals surface area contributed by atoms with Gasteiger partial charge in [0.25, 0.3) is 0 Å². The van der Waals surface area contributed by atoms with Crippen molar-refractivity contribution in [3.05, 3.63) is 85.2 Å². The number of para-hydroxylation sites is 2. The number of imidazole rings is 1. The van der Waals surface area contributed by atoms with E-state index in [1.54, 1.807) is 6.20 Å². The molecule has 3 nitrogen and oxygen atoms in total. The van der Waals surface area contributed by atoms with Crippen LogP contribution in [0.5, 0.6) is 0 Å². The number of ketones is 1. The van der Waals surface area contributed by atoms with E-state index in [4.69, 9.17) is 0 Å². The summed E-state index contributed by atoms with van der Waals surface area (Å²) in [5.41, 5.74) is 2.82. The zero-order valence-electron chi connectivity index (χ0n) is 13.2. The van der Waals surface area contributed by atoms with E-state index in [2.05, 4.69) is 6.58 Å². The fourth-order valence-corrected chi connectivity index (χ4v) is 3.18. The van der Waals surface area contributed by atoms with Crippen LogP contribution in [0.15, 0.2) is 79.6 Å². The molecule has 4 aromatic rings. The molecule has 0 radical (unpaired) electrons. The molecule has 0 saturated heterocycles. The zero-order chi connectivity index (χ0) is 16.5. The number of hydrogen-bond acceptors (Lipinski definition) is 1. The molecule has 0 aliphatic carbocycles. The van der Waals surface area contributed by atoms with Crippen molar-refractivity contribution in [2.45, 2.75) is 6.54 Å². The molecule has 0 fully saturated rings. The molecule has 0 unspecified atom stereocenters. The molecule has 0 atom stereocenters. The monoisotopic (exact) mass is 313 g/mol. The Morgan fingerprint density at radius 3 is 2.62 bits per heavy atom. The summed E-state index contributed by atoms with van der Waals surface area (Å²) in [4.78, 5) is 12.9. The molecular formula is C21H17N2O+. The van der Waals surface area contributed by atoms with Crippen molar-refractivity contribution in [3.63, 3.8) is 0 Å². The molecule has 4 rings (SSSR count). The van der Waals surface area contributed by atoms with Crippen LogP contribution >= 0.6 is 0 Å². The predicted octanol–water partition coefficient (Wildman–Crippen LogP) is 4.07. The van der Waals surface area contributed by atoms with Gasteiger partial charge in [-0.05, 0) is 22.9 Å². The molecule has 0 aliphatic rings. The van der Waals surface area contributed by atoms with Gasteiger partial charge < -0.3 is 0 Å². The molecule has 1 aromatic heterocycles. The summed E-state index contributed by atoms with van der Waals surface area (Å²) in [6, 6.07) is 21.9. The van der Waals surface area contributed by atoms with Crippen molar-refractivity contribution in [2.24, 2.45) is 0 Å². The number of carbonyl (C=O) groups excluding carboxylic acids is 1. The second-order valence-corrected chi connectivity index (χ2v) is 5.77. The second-order valence-electron chi connectivity index (χ2n) is 5.77. The minimum Gasteiger partial charge on any atom is -0.290 e. The van der Waals surface area contributed by atoms with Crippen LogP contribution in [0.3, 0.4) is 0 Å². The number of nitrogens with zero attached hydrogens (tertiary/aromatic N) is 2. The maximum Gasteiger partial charge on any atom is 0.249 e. The summed E-state index contributed by atoms with van der Waals surface area (Å²) < 4.78 is 3.91. The van der Waals surface area contributed by atoms with E-state index in [1.807, 2.05) is 82.2 Å². The molecule has 0 amide bonds. The Labute approximate surface area is 140 Å². The van der Waals surface area contributed by atoms with E-state index < -0.39 is 0 Å². The van der Waals surface area contributed by atoms with Crippen molar-refractivity contribution in [2.75, 3.05) is 0 Å². The highest BCUT2D eigenvalue weighted by Gasteiger charge is 2.18. The molecule has 0 saturated carbocycles. The number of aromatic nitrogens is 2. The molecule has 1 heterocycles. The third kappa shape index (κ3) is 2.31. The first-order valence-corrected chi connectivity index (χ1v) is 7.90. The third-order valence-corrected chi connectivity index (χ3v) is 4.33. The standard InChI is InChI=1S/C21H17N2O/c1-2-22-15-23(20-13-6-5-12-19(20)22)14-21(24)18-11-7-9-16-8-3-4-10-17(16)18/h2-13,15H,1,14H2/q+1. The topological polar surface area (TPSA) is 25.9 Å². The Morgan fingerprint density at radius 2 is 1.75 bits per heavy atom. The van der Waals surface area contributed by atoms with Gasteiger partial charge >= 0.3 is 0 Å². The van der Waals surface area contributed by atoms with Crippen LogP contribution in [0.4, 0.5) is 0 Å². The molecule has 0 N–H and O–H groups in total. The Kier molecular flexibility index (Phi) is 3.47. The molecule has 0 spiro atoms. The van der Waals surface area contributed by atoms with Crippen molar-refractivity contribution < 1.29 is 9.36 Å². The Hall–Kier alpha value is -3.20. The maximum absolute atomic E-state index is 12.9. The van der Waals surface area contributed by atoms with Crippen LogP contribution in [0.25, 0.3) is 28.0 Å². The van der Waals surface area contributed by atoms with Gasteiger partial charge in [0.05, 0.1) is 6.20 Å². The first-order valence-electron chi connectivity index (χ1n) is 7.90. The summed E-state index contributed by atoms with van der Waals surface area (Å²) in [5.74, 6) is 0.101. The Balaban J connectivity index is 1.78. The van der Waals surface area contributed by atoms with Crippen LogP contribution in [0.2, 0.25) is 0 Å². The first kappa shape index (κ1) is 14.4. The SMILES string of the molecule is C=Cn1c[n+](CC(=O)c2cccc3ccccc23)c2ccccc21. The number of hydrogen-bond donors (Lipinski definition) is 0. The van der Waals surface area contributed by atoms with E-state index in [0.29, 0.717) is 6.54 Å². The number of rotatable bonds is 4. The maximum atomic E-state index is 12.9. The lowest BCUT2D eigenvalue weighted by Crippen LogP contribution is -2.36. The van der Waals surface area contributed by atoms with E-state index in [1.165, 1.54) is 0 Å². The fourth-order valence-electron chi connectivity index (χ4n) is 3.18. The van der Waals surface area contributed by atoms with Gasteiger partial charge in [-0.2, -0.15) is 0 Å². The van der Waals surface area contributed by atoms with Crippen LogP contribution in [-0.4, -0.2) is 10.4 Å². The summed E-state index contributed by atoms with van der Waals surface area (Å²) in [5, 5.41) is 2.08. The van der Waals surface area contributed by atoms with Gasteiger partial charge in [-0.1, -0.05) is 61.2 Å². The van der Waals surface area contributed by atoms with E-state index in [0.717, 1.165) is 27.4 Å². The highest BCUT2D eigenvalue weighted by molar-refractivity contribution is 6.07. The van der Waals surface area contributed by atoms with Crippen LogP contribution in [0.1, 0.15) is 10.4 Å². The molecule has 116 valence electrons. The van der Waals surface area contributed by atoms with Gasteiger partial charge in [0.15, 0.2) is 17.6 Å². The number of fused-ring (bicyclic) bond motifs is 2. The third-order valence-electron chi connectivity index (χ3n) is 4.33. The number of carbonyl (C=O) groups is 1. The average molecular weight is 313 g/mol. The van der Waals surface area contributed by atoms with Gasteiger partial charge in [-0.15, -0.1) is 0 Å². The number of Topliss-reactive ketones (excluding diaryl/α,β-unsaturated/α-hetero) is 1. The van der Waals surface area contributed by atoms with E-state index in [9.17, 15) is 4.79 Å². The van der Waals surface area contributed by atoms with Gasteiger partial charge in [0.1, 0.15) is 0 Å². The fraction of sp³-hybridized carbons (Fsp3) is 0.0476. The summed E-state index contributed by atoms with van der Waals surface area (Å²) >= 11 is 0. The summed E-state index contributed by atoms with van der Waals surface area (Å²) in [6.45, 7) is 4.14. The summed E-state index contributed by atoms with van der Waals surface area (Å²) in [7, 11) is 0. The van der Waals surface area contributed by atoms with Crippen LogP contribution < -0.4 is 4.57 Å². The van der Waals surface area contributed by atoms with Crippen molar-refractivity contribution in [1.82, 2.24) is 4.57 Å². The second kappa shape index (κ2) is 5.78. The van der Waals surface area contributed by atoms with E-state index in [-0.39, 0.29) is 5.78 Å². The molecule has 0 aliphatic heterocycles. The largest absolute Gasteiger partial charge is 0.290 e. The van der Waals surface area contributed by atoms with Crippen molar-refractivity contribution in [3.8, 4) is 0 Å². The molecule has 0 bridgehead atoms.